The third-order valence-corrected chi connectivity index (χ3v) is 5.57. The van der Waals surface area contributed by atoms with Crippen LogP contribution in [0.5, 0.6) is 0 Å². The molecule has 0 aromatic rings. The number of amides is 2. The second kappa shape index (κ2) is 9.29. The fourth-order valence-corrected chi connectivity index (χ4v) is 3.95. The maximum Gasteiger partial charge on any atom is 0.225 e. The maximum absolute atomic E-state index is 12.7. The molecule has 4 heteroatoms. The third-order valence-electron chi connectivity index (χ3n) is 5.57. The van der Waals surface area contributed by atoms with Gasteiger partial charge in [-0.05, 0) is 44.9 Å². The molecule has 1 saturated heterocycles. The second-order valence-electron chi connectivity index (χ2n) is 7.40. The first-order chi connectivity index (χ1) is 11.1. The topological polar surface area (TPSA) is 40.6 Å². The predicted octanol–water partition coefficient (Wildman–Crippen LogP) is 3.45. The van der Waals surface area contributed by atoms with Crippen LogP contribution in [-0.4, -0.2) is 48.3 Å². The zero-order chi connectivity index (χ0) is 16.7. The van der Waals surface area contributed by atoms with E-state index < -0.39 is 0 Å². The van der Waals surface area contributed by atoms with Gasteiger partial charge in [0.05, 0.1) is 0 Å². The molecule has 0 aromatic heterocycles. The first-order valence-electron chi connectivity index (χ1n) is 9.67. The highest BCUT2D eigenvalue weighted by Gasteiger charge is 2.33. The molecule has 2 fully saturated rings. The Morgan fingerprint density at radius 1 is 0.957 bits per heavy atom. The van der Waals surface area contributed by atoms with Gasteiger partial charge in [0.15, 0.2) is 0 Å². The summed E-state index contributed by atoms with van der Waals surface area (Å²) in [7, 11) is 1.92. The van der Waals surface area contributed by atoms with E-state index in [1.807, 2.05) is 11.9 Å². The summed E-state index contributed by atoms with van der Waals surface area (Å²) < 4.78 is 0. The summed E-state index contributed by atoms with van der Waals surface area (Å²) in [5.74, 6) is 0.958. The Morgan fingerprint density at radius 2 is 1.52 bits per heavy atom. The molecule has 0 unspecified atom stereocenters. The van der Waals surface area contributed by atoms with Crippen LogP contribution in [0.1, 0.15) is 71.1 Å². The van der Waals surface area contributed by atoms with Gasteiger partial charge in [0.25, 0.3) is 0 Å². The molecule has 0 atom stereocenters. The van der Waals surface area contributed by atoms with Crippen molar-refractivity contribution in [2.24, 2.45) is 11.8 Å². The van der Waals surface area contributed by atoms with Crippen molar-refractivity contribution in [2.75, 3.05) is 26.7 Å². The van der Waals surface area contributed by atoms with Crippen LogP contribution in [0.15, 0.2) is 0 Å². The third kappa shape index (κ3) is 5.22. The molecular formula is C19H34N2O2. The number of carbonyl (C=O) groups excluding carboxylic acids is 2. The average molecular weight is 322 g/mol. The lowest BCUT2D eigenvalue weighted by atomic mass is 9.80. The lowest BCUT2D eigenvalue weighted by molar-refractivity contribution is -0.140. The van der Waals surface area contributed by atoms with E-state index in [0.29, 0.717) is 11.8 Å². The number of carbonyl (C=O) groups is 2. The van der Waals surface area contributed by atoms with Crippen LogP contribution >= 0.6 is 0 Å². The van der Waals surface area contributed by atoms with Crippen LogP contribution in [0, 0.1) is 11.8 Å². The van der Waals surface area contributed by atoms with Crippen LogP contribution in [0.3, 0.4) is 0 Å². The molecule has 1 aliphatic carbocycles. The summed E-state index contributed by atoms with van der Waals surface area (Å²) in [6.07, 6.45) is 10.6. The molecule has 0 aromatic carbocycles. The van der Waals surface area contributed by atoms with E-state index in [4.69, 9.17) is 0 Å². The highest BCUT2D eigenvalue weighted by molar-refractivity contribution is 5.81. The highest BCUT2D eigenvalue weighted by Crippen LogP contribution is 2.31. The van der Waals surface area contributed by atoms with Gasteiger partial charge in [-0.2, -0.15) is 0 Å². The normalized spacial score (nSPS) is 25.7. The summed E-state index contributed by atoms with van der Waals surface area (Å²) in [5.41, 5.74) is 0. The van der Waals surface area contributed by atoms with Crippen LogP contribution in [0.4, 0.5) is 0 Å². The summed E-state index contributed by atoms with van der Waals surface area (Å²) in [4.78, 5) is 29.1. The van der Waals surface area contributed by atoms with Gasteiger partial charge in [-0.1, -0.05) is 26.2 Å². The lowest BCUT2D eigenvalue weighted by Gasteiger charge is -2.32. The molecule has 0 bridgehead atoms. The summed E-state index contributed by atoms with van der Waals surface area (Å²) in [5, 5.41) is 0. The van der Waals surface area contributed by atoms with Crippen molar-refractivity contribution in [1.29, 1.82) is 0 Å². The van der Waals surface area contributed by atoms with E-state index in [0.717, 1.165) is 71.0 Å². The predicted molar refractivity (Wildman–Crippen MR) is 93.0 cm³/mol. The minimum Gasteiger partial charge on any atom is -0.346 e. The van der Waals surface area contributed by atoms with Gasteiger partial charge in [0.2, 0.25) is 11.8 Å². The van der Waals surface area contributed by atoms with Crippen molar-refractivity contribution in [2.45, 2.75) is 71.1 Å². The van der Waals surface area contributed by atoms with Crippen molar-refractivity contribution in [3.63, 3.8) is 0 Å². The van der Waals surface area contributed by atoms with Crippen LogP contribution in [0.2, 0.25) is 0 Å². The highest BCUT2D eigenvalue weighted by atomic mass is 16.2. The quantitative estimate of drug-likeness (QED) is 0.778. The number of nitrogens with zero attached hydrogens (tertiary/aromatic N) is 2. The monoisotopic (exact) mass is 322 g/mol. The molecule has 2 amide bonds. The van der Waals surface area contributed by atoms with Gasteiger partial charge in [0, 0.05) is 38.5 Å². The van der Waals surface area contributed by atoms with E-state index >= 15 is 0 Å². The minimum absolute atomic E-state index is 0.144. The fraction of sp³-hybridized carbons (Fsp3) is 0.895. The molecule has 23 heavy (non-hydrogen) atoms. The Balaban J connectivity index is 1.78. The number of hydrogen-bond donors (Lipinski definition) is 0. The Labute approximate surface area is 141 Å². The molecule has 2 rings (SSSR count). The standard InChI is InChI=1S/C19H34N2O2/c1-3-4-13-20(2)18(22)16-9-11-17(12-10-16)19(23)21-14-7-5-6-8-15-21/h16-17H,3-15H2,1-2H3. The molecular weight excluding hydrogens is 288 g/mol. The molecule has 1 heterocycles. The second-order valence-corrected chi connectivity index (χ2v) is 7.40. The number of hydrogen-bond acceptors (Lipinski definition) is 2. The Morgan fingerprint density at radius 3 is 2.09 bits per heavy atom. The largest absolute Gasteiger partial charge is 0.346 e. The van der Waals surface area contributed by atoms with Crippen LogP contribution in [0.25, 0.3) is 0 Å². The first-order valence-corrected chi connectivity index (χ1v) is 9.67. The molecule has 1 saturated carbocycles. The zero-order valence-electron chi connectivity index (χ0n) is 15.1. The van der Waals surface area contributed by atoms with Gasteiger partial charge >= 0.3 is 0 Å². The van der Waals surface area contributed by atoms with Crippen molar-refractivity contribution >= 4 is 11.8 Å². The van der Waals surface area contributed by atoms with Gasteiger partial charge in [-0.25, -0.2) is 0 Å². The number of rotatable bonds is 5. The van der Waals surface area contributed by atoms with E-state index in [1.165, 1.54) is 12.8 Å². The van der Waals surface area contributed by atoms with Crippen molar-refractivity contribution in [1.82, 2.24) is 9.80 Å². The molecule has 132 valence electrons. The van der Waals surface area contributed by atoms with Gasteiger partial charge in [-0.3, -0.25) is 9.59 Å². The molecule has 1 aliphatic heterocycles. The van der Waals surface area contributed by atoms with Crippen molar-refractivity contribution < 1.29 is 9.59 Å². The first kappa shape index (κ1) is 18.3. The van der Waals surface area contributed by atoms with Gasteiger partial charge in [-0.15, -0.1) is 0 Å². The van der Waals surface area contributed by atoms with E-state index in [2.05, 4.69) is 11.8 Å². The Kier molecular flexibility index (Phi) is 7.38. The van der Waals surface area contributed by atoms with Crippen molar-refractivity contribution in [3.05, 3.63) is 0 Å². The Bertz CT molecular complexity index is 381. The van der Waals surface area contributed by atoms with E-state index in [-0.39, 0.29) is 11.8 Å². The maximum atomic E-state index is 12.7. The molecule has 4 nitrogen and oxygen atoms in total. The van der Waals surface area contributed by atoms with E-state index in [9.17, 15) is 9.59 Å². The molecule has 0 spiro atoms. The summed E-state index contributed by atoms with van der Waals surface area (Å²) in [6, 6.07) is 0. The smallest absolute Gasteiger partial charge is 0.225 e. The fourth-order valence-electron chi connectivity index (χ4n) is 3.95. The van der Waals surface area contributed by atoms with Crippen LogP contribution in [-0.2, 0) is 9.59 Å². The Hall–Kier alpha value is -1.06. The summed E-state index contributed by atoms with van der Waals surface area (Å²) >= 11 is 0. The van der Waals surface area contributed by atoms with E-state index in [1.54, 1.807) is 0 Å². The SMILES string of the molecule is CCCCN(C)C(=O)C1CCC(C(=O)N2CCCCCC2)CC1. The number of unbranched alkanes of at least 4 members (excludes halogenated alkanes) is 1. The van der Waals surface area contributed by atoms with Gasteiger partial charge in [0.1, 0.15) is 0 Å². The zero-order valence-corrected chi connectivity index (χ0v) is 15.1. The lowest BCUT2D eigenvalue weighted by Crippen LogP contribution is -2.40. The van der Waals surface area contributed by atoms with Crippen molar-refractivity contribution in [3.8, 4) is 0 Å². The molecule has 0 radical (unpaired) electrons. The molecule has 0 N–H and O–H groups in total. The van der Waals surface area contributed by atoms with Crippen LogP contribution < -0.4 is 0 Å². The minimum atomic E-state index is 0.144. The average Bonchev–Trinajstić information content (AvgIpc) is 2.88. The van der Waals surface area contributed by atoms with Gasteiger partial charge < -0.3 is 9.80 Å². The summed E-state index contributed by atoms with van der Waals surface area (Å²) in [6.45, 7) is 4.90. The number of likely N-dealkylation sites (tertiary alicyclic amines) is 1. The molecule has 2 aliphatic rings.